The Morgan fingerprint density at radius 2 is 2.11 bits per heavy atom. The Labute approximate surface area is 119 Å². The minimum Gasteiger partial charge on any atom is -0.424 e. The average molecular weight is 284 g/mol. The minimum absolute atomic E-state index is 0.249. The third-order valence-corrected chi connectivity index (χ3v) is 4.49. The van der Waals surface area contributed by atoms with E-state index in [2.05, 4.69) is 31.0 Å². The van der Waals surface area contributed by atoms with Crippen LogP contribution in [-0.4, -0.2) is 28.7 Å². The van der Waals surface area contributed by atoms with Crippen molar-refractivity contribution in [3.05, 3.63) is 11.8 Å². The molecule has 2 atom stereocenters. The Hall–Kier alpha value is -0.550. The molecule has 1 aliphatic rings. The number of rotatable bonds is 6. The molecule has 2 rings (SSSR count). The van der Waals surface area contributed by atoms with Crippen LogP contribution in [0.3, 0.4) is 0 Å². The Morgan fingerprint density at radius 1 is 1.26 bits per heavy atom. The zero-order valence-electron chi connectivity index (χ0n) is 12.1. The van der Waals surface area contributed by atoms with Crippen molar-refractivity contribution in [2.45, 2.75) is 57.8 Å². The highest BCUT2D eigenvalue weighted by atomic mass is 32.2. The van der Waals surface area contributed by atoms with Gasteiger partial charge in [0.15, 0.2) is 0 Å². The van der Waals surface area contributed by atoms with Crippen molar-refractivity contribution >= 4 is 11.8 Å². The molecule has 0 aliphatic carbocycles. The van der Waals surface area contributed by atoms with Gasteiger partial charge in [-0.1, -0.05) is 13.8 Å². The van der Waals surface area contributed by atoms with Crippen LogP contribution in [0.1, 0.15) is 57.1 Å². The van der Waals surface area contributed by atoms with Crippen molar-refractivity contribution < 1.29 is 9.15 Å². The first-order valence-corrected chi connectivity index (χ1v) is 8.25. The molecule has 108 valence electrons. The quantitative estimate of drug-likeness (QED) is 0.798. The number of hydrogen-bond donors (Lipinski definition) is 0. The molecule has 0 bridgehead atoms. The average Bonchev–Trinajstić information content (AvgIpc) is 2.85. The lowest BCUT2D eigenvalue weighted by Gasteiger charge is -2.22. The summed E-state index contributed by atoms with van der Waals surface area (Å²) in [4.78, 5) is 0. The highest BCUT2D eigenvalue weighted by molar-refractivity contribution is 7.99. The van der Waals surface area contributed by atoms with Gasteiger partial charge in [-0.15, -0.1) is 22.0 Å². The van der Waals surface area contributed by atoms with Crippen LogP contribution in [0.4, 0.5) is 0 Å². The summed E-state index contributed by atoms with van der Waals surface area (Å²) in [6.45, 7) is 7.35. The lowest BCUT2D eigenvalue weighted by atomic mass is 10.1. The van der Waals surface area contributed by atoms with Crippen molar-refractivity contribution in [2.24, 2.45) is 5.92 Å². The molecule has 4 nitrogen and oxygen atoms in total. The first-order chi connectivity index (χ1) is 9.15. The second-order valence-electron chi connectivity index (χ2n) is 5.60. The predicted octanol–water partition coefficient (Wildman–Crippen LogP) is 3.63. The van der Waals surface area contributed by atoms with Gasteiger partial charge in [0, 0.05) is 18.8 Å². The third kappa shape index (κ3) is 4.80. The summed E-state index contributed by atoms with van der Waals surface area (Å²) >= 11 is 1.85. The lowest BCUT2D eigenvalue weighted by molar-refractivity contribution is 0.0315. The molecule has 0 radical (unpaired) electrons. The monoisotopic (exact) mass is 284 g/mol. The molecule has 2 heterocycles. The van der Waals surface area contributed by atoms with Crippen LogP contribution in [0, 0.1) is 5.92 Å². The fourth-order valence-corrected chi connectivity index (χ4v) is 3.13. The van der Waals surface area contributed by atoms with Gasteiger partial charge in [0.1, 0.15) is 0 Å². The third-order valence-electron chi connectivity index (χ3n) is 3.22. The van der Waals surface area contributed by atoms with Crippen molar-refractivity contribution in [3.8, 4) is 0 Å². The molecule has 0 unspecified atom stereocenters. The molecule has 1 aromatic heterocycles. The van der Waals surface area contributed by atoms with E-state index >= 15 is 0 Å². The number of aromatic nitrogens is 2. The number of thioether (sulfide) groups is 1. The van der Waals surface area contributed by atoms with E-state index in [4.69, 9.17) is 9.15 Å². The zero-order valence-corrected chi connectivity index (χ0v) is 12.9. The Balaban J connectivity index is 1.78. The summed E-state index contributed by atoms with van der Waals surface area (Å²) in [5.41, 5.74) is 0. The van der Waals surface area contributed by atoms with Crippen LogP contribution in [0.5, 0.6) is 0 Å². The smallest absolute Gasteiger partial charge is 0.229 e. The molecule has 5 heteroatoms. The number of nitrogens with zero attached hydrogens (tertiary/aromatic N) is 2. The maximum atomic E-state index is 5.73. The van der Waals surface area contributed by atoms with Crippen LogP contribution in [0.2, 0.25) is 0 Å². The molecule has 1 fully saturated rings. The van der Waals surface area contributed by atoms with Crippen LogP contribution >= 0.6 is 11.8 Å². The normalized spacial score (nSPS) is 21.8. The first-order valence-electron chi connectivity index (χ1n) is 7.20. The van der Waals surface area contributed by atoms with Gasteiger partial charge in [-0.25, -0.2) is 0 Å². The second kappa shape index (κ2) is 7.29. The molecule has 1 aliphatic heterocycles. The van der Waals surface area contributed by atoms with Crippen LogP contribution in [0.15, 0.2) is 4.42 Å². The van der Waals surface area contributed by atoms with Crippen molar-refractivity contribution in [3.63, 3.8) is 0 Å². The van der Waals surface area contributed by atoms with Gasteiger partial charge in [-0.2, -0.15) is 0 Å². The van der Waals surface area contributed by atoms with E-state index in [0.29, 0.717) is 12.0 Å². The summed E-state index contributed by atoms with van der Waals surface area (Å²) in [5, 5.41) is 8.51. The molecular weight excluding hydrogens is 260 g/mol. The molecule has 0 saturated carbocycles. The van der Waals surface area contributed by atoms with Crippen molar-refractivity contribution in [1.82, 2.24) is 10.2 Å². The highest BCUT2D eigenvalue weighted by Crippen LogP contribution is 2.30. The summed E-state index contributed by atoms with van der Waals surface area (Å²) in [6.07, 6.45) is 4.94. The maximum Gasteiger partial charge on any atom is 0.229 e. The lowest BCUT2D eigenvalue weighted by Crippen LogP contribution is -2.21. The fourth-order valence-electron chi connectivity index (χ4n) is 2.12. The summed E-state index contributed by atoms with van der Waals surface area (Å²) < 4.78 is 11.4. The minimum atomic E-state index is 0.249. The molecule has 0 aromatic carbocycles. The van der Waals surface area contributed by atoms with Crippen LogP contribution in [-0.2, 0) is 11.2 Å². The molecule has 1 saturated heterocycles. The van der Waals surface area contributed by atoms with Crippen molar-refractivity contribution in [2.75, 3.05) is 12.4 Å². The van der Waals surface area contributed by atoms with Crippen LogP contribution in [0.25, 0.3) is 0 Å². The van der Waals surface area contributed by atoms with E-state index in [-0.39, 0.29) is 5.25 Å². The van der Waals surface area contributed by atoms with Crippen molar-refractivity contribution in [1.29, 1.82) is 0 Å². The number of ether oxygens (including phenoxy) is 1. The summed E-state index contributed by atoms with van der Waals surface area (Å²) in [7, 11) is 0. The largest absolute Gasteiger partial charge is 0.424 e. The van der Waals surface area contributed by atoms with Gasteiger partial charge in [0.05, 0.1) is 11.4 Å². The molecular formula is C14H24N2O2S. The van der Waals surface area contributed by atoms with Gasteiger partial charge in [-0.05, 0) is 32.1 Å². The highest BCUT2D eigenvalue weighted by Gasteiger charge is 2.19. The fraction of sp³-hybridized carbons (Fsp3) is 0.857. The Bertz CT molecular complexity index is 375. The van der Waals surface area contributed by atoms with Crippen LogP contribution < -0.4 is 0 Å². The van der Waals surface area contributed by atoms with E-state index in [1.54, 1.807) is 0 Å². The maximum absolute atomic E-state index is 5.73. The van der Waals surface area contributed by atoms with Gasteiger partial charge >= 0.3 is 0 Å². The molecule has 1 aromatic rings. The van der Waals surface area contributed by atoms with E-state index in [1.807, 2.05) is 11.8 Å². The zero-order chi connectivity index (χ0) is 13.7. The van der Waals surface area contributed by atoms with E-state index in [1.165, 1.54) is 19.3 Å². The Kier molecular flexibility index (Phi) is 5.70. The summed E-state index contributed by atoms with van der Waals surface area (Å²) in [6, 6.07) is 0. The van der Waals surface area contributed by atoms with E-state index < -0.39 is 0 Å². The Morgan fingerprint density at radius 3 is 2.79 bits per heavy atom. The van der Waals surface area contributed by atoms with Gasteiger partial charge < -0.3 is 9.15 Å². The van der Waals surface area contributed by atoms with Gasteiger partial charge in [0.2, 0.25) is 11.8 Å². The standard InChI is InChI=1S/C14H24N2O2S/c1-10(2)8-13-15-16-14(18-13)11(3)19-9-12-6-4-5-7-17-12/h10-12H,4-9H2,1-3H3/t11-,12-/m0/s1. The summed E-state index contributed by atoms with van der Waals surface area (Å²) in [5.74, 6) is 3.07. The molecule has 0 N–H and O–H groups in total. The molecule has 0 spiro atoms. The SMILES string of the molecule is CC(C)Cc1nnc([C@H](C)SC[C@@H]2CCCCO2)o1. The van der Waals surface area contributed by atoms with Gasteiger partial charge in [-0.3, -0.25) is 0 Å². The molecule has 0 amide bonds. The number of hydrogen-bond acceptors (Lipinski definition) is 5. The second-order valence-corrected chi connectivity index (χ2v) is 6.97. The topological polar surface area (TPSA) is 48.2 Å². The van der Waals surface area contributed by atoms with E-state index in [0.717, 1.165) is 30.6 Å². The van der Waals surface area contributed by atoms with E-state index in [9.17, 15) is 0 Å². The predicted molar refractivity (Wildman–Crippen MR) is 77.3 cm³/mol. The molecule has 19 heavy (non-hydrogen) atoms. The van der Waals surface area contributed by atoms with Gasteiger partial charge in [0.25, 0.3) is 0 Å². The first kappa shape index (κ1) is 14.9.